The lowest BCUT2D eigenvalue weighted by Crippen LogP contribution is -1.86. The third-order valence-electron chi connectivity index (χ3n) is 9.39. The minimum absolute atomic E-state index is 0.548. The molecule has 0 bridgehead atoms. The van der Waals surface area contributed by atoms with Crippen molar-refractivity contribution < 1.29 is 13.3 Å². The predicted molar refractivity (Wildman–Crippen MR) is 197 cm³/mol. The standard InChI is InChI=1S/C44H27NO3/c1-2-8-28(9-3-1)29-17-20-35-42(24-29)48-40-15-7-12-32(44(35)40)30-18-21-38-36(23-30)43-31(10-6-14-39(43)46-38)26-45-25-27-16-19-34-33-11-4-5-13-37(33)47-41(34)22-27/h1-24,26H,25H2. The van der Waals surface area contributed by atoms with Crippen LogP contribution in [-0.4, -0.2) is 6.21 Å². The number of rotatable bonds is 5. The minimum Gasteiger partial charge on any atom is -0.456 e. The summed E-state index contributed by atoms with van der Waals surface area (Å²) in [7, 11) is 0. The predicted octanol–water partition coefficient (Wildman–Crippen LogP) is 12.3. The molecule has 0 spiro atoms. The normalized spacial score (nSPS) is 12.2. The highest BCUT2D eigenvalue weighted by Gasteiger charge is 2.16. The van der Waals surface area contributed by atoms with Gasteiger partial charge in [-0.05, 0) is 76.3 Å². The van der Waals surface area contributed by atoms with Gasteiger partial charge in [0.25, 0.3) is 0 Å². The molecule has 4 nitrogen and oxygen atoms in total. The van der Waals surface area contributed by atoms with Crippen LogP contribution < -0.4 is 0 Å². The molecular formula is C44H27NO3. The van der Waals surface area contributed by atoms with Gasteiger partial charge in [0.15, 0.2) is 0 Å². The maximum absolute atomic E-state index is 6.42. The molecule has 0 radical (unpaired) electrons. The van der Waals surface area contributed by atoms with Crippen molar-refractivity contribution in [3.8, 4) is 22.3 Å². The molecule has 0 N–H and O–H groups in total. The fraction of sp³-hybridized carbons (Fsp3) is 0.0227. The smallest absolute Gasteiger partial charge is 0.136 e. The minimum atomic E-state index is 0.548. The fourth-order valence-corrected chi connectivity index (χ4v) is 7.12. The zero-order valence-corrected chi connectivity index (χ0v) is 25.8. The Labute approximate surface area is 275 Å². The quantitative estimate of drug-likeness (QED) is 0.181. The molecule has 4 heteroatoms. The van der Waals surface area contributed by atoms with Gasteiger partial charge < -0.3 is 13.3 Å². The number of nitrogens with zero attached hydrogens (tertiary/aromatic N) is 1. The molecule has 0 amide bonds. The van der Waals surface area contributed by atoms with Gasteiger partial charge in [0.05, 0.1) is 6.54 Å². The van der Waals surface area contributed by atoms with Gasteiger partial charge in [0, 0.05) is 44.1 Å². The molecule has 0 atom stereocenters. The zero-order chi connectivity index (χ0) is 31.6. The second-order valence-corrected chi connectivity index (χ2v) is 12.3. The Bertz CT molecular complexity index is 2870. The van der Waals surface area contributed by atoms with Gasteiger partial charge in [-0.1, -0.05) is 97.1 Å². The summed E-state index contributed by atoms with van der Waals surface area (Å²) >= 11 is 0. The van der Waals surface area contributed by atoms with Gasteiger partial charge in [0.2, 0.25) is 0 Å². The zero-order valence-electron chi connectivity index (χ0n) is 25.8. The highest BCUT2D eigenvalue weighted by atomic mass is 16.3. The van der Waals surface area contributed by atoms with Crippen molar-refractivity contribution in [3.05, 3.63) is 157 Å². The molecule has 3 heterocycles. The number of hydrogen-bond acceptors (Lipinski definition) is 4. The van der Waals surface area contributed by atoms with Crippen molar-refractivity contribution in [2.24, 2.45) is 4.99 Å². The number of para-hydroxylation sites is 1. The van der Waals surface area contributed by atoms with Crippen LogP contribution in [0.3, 0.4) is 0 Å². The lowest BCUT2D eigenvalue weighted by molar-refractivity contribution is 0.668. The van der Waals surface area contributed by atoms with Gasteiger partial charge in [-0.25, -0.2) is 0 Å². The molecule has 0 aliphatic carbocycles. The Morgan fingerprint density at radius 2 is 1.10 bits per heavy atom. The second kappa shape index (κ2) is 10.6. The van der Waals surface area contributed by atoms with Crippen LogP contribution in [0.2, 0.25) is 0 Å². The summed E-state index contributed by atoms with van der Waals surface area (Å²) in [5.74, 6) is 0. The molecule has 48 heavy (non-hydrogen) atoms. The van der Waals surface area contributed by atoms with Crippen LogP contribution in [-0.2, 0) is 6.54 Å². The van der Waals surface area contributed by atoms with Crippen LogP contribution in [0.4, 0.5) is 0 Å². The van der Waals surface area contributed by atoms with Crippen molar-refractivity contribution >= 4 is 72.0 Å². The number of furan rings is 3. The summed E-state index contributed by atoms with van der Waals surface area (Å²) < 4.78 is 18.8. The molecule has 10 rings (SSSR count). The highest BCUT2D eigenvalue weighted by Crippen LogP contribution is 2.40. The van der Waals surface area contributed by atoms with E-state index >= 15 is 0 Å². The van der Waals surface area contributed by atoms with Gasteiger partial charge >= 0.3 is 0 Å². The molecule has 0 fully saturated rings. The van der Waals surface area contributed by atoms with Crippen molar-refractivity contribution in [1.29, 1.82) is 0 Å². The third kappa shape index (κ3) is 4.27. The molecule has 0 saturated heterocycles. The first-order chi connectivity index (χ1) is 23.8. The van der Waals surface area contributed by atoms with Crippen LogP contribution in [0.5, 0.6) is 0 Å². The molecule has 0 aliphatic heterocycles. The van der Waals surface area contributed by atoms with E-state index in [9.17, 15) is 0 Å². The van der Waals surface area contributed by atoms with Crippen LogP contribution in [0.1, 0.15) is 11.1 Å². The largest absolute Gasteiger partial charge is 0.456 e. The van der Waals surface area contributed by atoms with Crippen LogP contribution in [0.25, 0.3) is 88.1 Å². The molecule has 0 saturated carbocycles. The van der Waals surface area contributed by atoms with Gasteiger partial charge in [-0.2, -0.15) is 0 Å². The van der Waals surface area contributed by atoms with E-state index in [0.29, 0.717) is 6.54 Å². The molecule has 226 valence electrons. The van der Waals surface area contributed by atoms with E-state index in [1.54, 1.807) is 0 Å². The number of hydrogen-bond donors (Lipinski definition) is 0. The highest BCUT2D eigenvalue weighted by molar-refractivity contribution is 6.16. The van der Waals surface area contributed by atoms with E-state index in [0.717, 1.165) is 93.6 Å². The lowest BCUT2D eigenvalue weighted by atomic mass is 9.96. The Morgan fingerprint density at radius 3 is 2.04 bits per heavy atom. The van der Waals surface area contributed by atoms with E-state index < -0.39 is 0 Å². The van der Waals surface area contributed by atoms with Crippen LogP contribution >= 0.6 is 0 Å². The summed E-state index contributed by atoms with van der Waals surface area (Å²) in [5.41, 5.74) is 11.9. The number of aliphatic imine (C=N–C) groups is 1. The van der Waals surface area contributed by atoms with Gasteiger partial charge in [0.1, 0.15) is 33.5 Å². The monoisotopic (exact) mass is 617 g/mol. The van der Waals surface area contributed by atoms with E-state index in [2.05, 4.69) is 103 Å². The molecule has 7 aromatic carbocycles. The summed E-state index contributed by atoms with van der Waals surface area (Å²) in [5, 5.41) is 6.59. The molecule has 3 aromatic heterocycles. The molecular weight excluding hydrogens is 590 g/mol. The SMILES string of the molecule is C(=NCc1ccc2c(c1)oc1ccccc12)c1cccc2oc3ccc(-c4cccc5oc6cc(-c7ccccc7)ccc6c45)cc3c12. The van der Waals surface area contributed by atoms with E-state index in [1.165, 1.54) is 5.56 Å². The average molecular weight is 618 g/mol. The molecule has 10 aromatic rings. The Morgan fingerprint density at radius 1 is 0.417 bits per heavy atom. The van der Waals surface area contributed by atoms with Crippen molar-refractivity contribution in [3.63, 3.8) is 0 Å². The number of benzene rings is 7. The summed E-state index contributed by atoms with van der Waals surface area (Å²) in [4.78, 5) is 4.87. The van der Waals surface area contributed by atoms with Gasteiger partial charge in [-0.15, -0.1) is 0 Å². The summed E-state index contributed by atoms with van der Waals surface area (Å²) in [6.45, 7) is 0.548. The average Bonchev–Trinajstić information content (AvgIpc) is 3.82. The molecule has 0 aliphatic rings. The lowest BCUT2D eigenvalue weighted by Gasteiger charge is -2.05. The Balaban J connectivity index is 1.03. The third-order valence-corrected chi connectivity index (χ3v) is 9.39. The first kappa shape index (κ1) is 26.8. The van der Waals surface area contributed by atoms with E-state index in [4.69, 9.17) is 18.2 Å². The van der Waals surface area contributed by atoms with Crippen LogP contribution in [0, 0.1) is 0 Å². The second-order valence-electron chi connectivity index (χ2n) is 12.3. The Hall–Kier alpha value is -6.39. The van der Waals surface area contributed by atoms with Crippen LogP contribution in [0.15, 0.2) is 164 Å². The maximum atomic E-state index is 6.42. The van der Waals surface area contributed by atoms with Crippen molar-refractivity contribution in [2.75, 3.05) is 0 Å². The van der Waals surface area contributed by atoms with E-state index in [1.807, 2.05) is 48.7 Å². The summed E-state index contributed by atoms with van der Waals surface area (Å²) in [6.07, 6.45) is 1.96. The first-order valence-electron chi connectivity index (χ1n) is 16.1. The van der Waals surface area contributed by atoms with Crippen molar-refractivity contribution in [2.45, 2.75) is 6.54 Å². The van der Waals surface area contributed by atoms with Crippen molar-refractivity contribution in [1.82, 2.24) is 0 Å². The molecule has 0 unspecified atom stereocenters. The maximum Gasteiger partial charge on any atom is 0.136 e. The topological polar surface area (TPSA) is 51.8 Å². The van der Waals surface area contributed by atoms with Gasteiger partial charge in [-0.3, -0.25) is 4.99 Å². The first-order valence-corrected chi connectivity index (χ1v) is 16.1. The Kier molecular flexibility index (Phi) is 5.90. The fourth-order valence-electron chi connectivity index (χ4n) is 7.12. The number of fused-ring (bicyclic) bond motifs is 9. The van der Waals surface area contributed by atoms with E-state index in [-0.39, 0.29) is 0 Å². The summed E-state index contributed by atoms with van der Waals surface area (Å²) in [6, 6.07) is 50.3.